The largest absolute Gasteiger partial charge is 0.463 e. The summed E-state index contributed by atoms with van der Waals surface area (Å²) < 4.78 is 12.2. The first-order valence-corrected chi connectivity index (χ1v) is 7.96. The average Bonchev–Trinajstić information content (AvgIpc) is 3.14. The van der Waals surface area contributed by atoms with Crippen molar-refractivity contribution >= 4 is 23.5 Å². The fraction of sp³-hybridized carbons (Fsp3) is 0.235. The normalized spacial score (nSPS) is 11.4. The van der Waals surface area contributed by atoms with Crippen LogP contribution in [0.2, 0.25) is 5.02 Å². The molecule has 0 bridgehead atoms. The van der Waals surface area contributed by atoms with Gasteiger partial charge in [-0.3, -0.25) is 5.32 Å². The number of furan rings is 1. The second kappa shape index (κ2) is 6.60. The number of hydrogen-bond donors (Lipinski definition) is 1. The minimum Gasteiger partial charge on any atom is -0.463 e. The van der Waals surface area contributed by atoms with Gasteiger partial charge in [-0.2, -0.15) is 0 Å². The van der Waals surface area contributed by atoms with Gasteiger partial charge in [-0.05, 0) is 45.0 Å². The molecule has 130 valence electrons. The monoisotopic (exact) mass is 360 g/mol. The molecule has 0 aliphatic carbocycles. The van der Waals surface area contributed by atoms with Crippen molar-refractivity contribution in [3.8, 4) is 17.3 Å². The molecule has 1 amide bonds. The molecule has 0 aliphatic heterocycles. The summed E-state index contributed by atoms with van der Waals surface area (Å²) in [7, 11) is 0. The maximum atomic E-state index is 12.0. The van der Waals surface area contributed by atoms with Crippen molar-refractivity contribution in [2.45, 2.75) is 26.4 Å². The first kappa shape index (κ1) is 17.0. The number of carbonyl (C=O) groups is 1. The van der Waals surface area contributed by atoms with Crippen molar-refractivity contribution in [1.29, 1.82) is 0 Å². The summed E-state index contributed by atoms with van der Waals surface area (Å²) in [6.07, 6.45) is 2.55. The van der Waals surface area contributed by atoms with Crippen LogP contribution >= 0.6 is 11.6 Å². The summed E-state index contributed by atoms with van der Waals surface area (Å²) in [5.74, 6) is 1.28. The van der Waals surface area contributed by atoms with Gasteiger partial charge in [-0.15, -0.1) is 5.10 Å². The topological polar surface area (TPSA) is 82.2 Å². The van der Waals surface area contributed by atoms with Crippen LogP contribution in [0.3, 0.4) is 0 Å². The standard InChI is InChI=1S/C17H17ClN4O3/c1-17(2,3)25-16(23)20-14-10-12(13-7-5-9-24-13)22(21-14)15-11(18)6-4-8-19-15/h4-10H,1-3H3,(H,20,21,23). The van der Waals surface area contributed by atoms with Crippen LogP contribution < -0.4 is 5.32 Å². The molecule has 0 saturated heterocycles. The fourth-order valence-corrected chi connectivity index (χ4v) is 2.35. The highest BCUT2D eigenvalue weighted by molar-refractivity contribution is 6.32. The number of pyridine rings is 1. The van der Waals surface area contributed by atoms with Gasteiger partial charge in [0, 0.05) is 12.3 Å². The van der Waals surface area contributed by atoms with Crippen molar-refractivity contribution in [2.75, 3.05) is 5.32 Å². The van der Waals surface area contributed by atoms with Gasteiger partial charge in [0.05, 0.1) is 11.3 Å². The zero-order chi connectivity index (χ0) is 18.0. The third kappa shape index (κ3) is 4.00. The Morgan fingerprint density at radius 3 is 2.76 bits per heavy atom. The van der Waals surface area contributed by atoms with E-state index in [2.05, 4.69) is 15.4 Å². The highest BCUT2D eigenvalue weighted by atomic mass is 35.5. The Hall–Kier alpha value is -2.80. The molecule has 0 saturated carbocycles. The maximum Gasteiger partial charge on any atom is 0.413 e. The van der Waals surface area contributed by atoms with Gasteiger partial charge < -0.3 is 9.15 Å². The van der Waals surface area contributed by atoms with Crippen molar-refractivity contribution in [3.63, 3.8) is 0 Å². The van der Waals surface area contributed by atoms with E-state index in [1.54, 1.807) is 63.6 Å². The van der Waals surface area contributed by atoms with Crippen LogP contribution in [0.5, 0.6) is 0 Å². The number of anilines is 1. The molecule has 8 heteroatoms. The molecule has 0 spiro atoms. The summed E-state index contributed by atoms with van der Waals surface area (Å²) in [5.41, 5.74) is -0.0162. The molecule has 0 aromatic carbocycles. The number of halogens is 1. The molecule has 0 radical (unpaired) electrons. The minimum absolute atomic E-state index is 0.294. The van der Waals surface area contributed by atoms with Crippen LogP contribution in [0, 0.1) is 0 Å². The Labute approximate surface area is 149 Å². The molecule has 3 aromatic heterocycles. The summed E-state index contributed by atoms with van der Waals surface area (Å²) in [5, 5.41) is 7.39. The van der Waals surface area contributed by atoms with Crippen LogP contribution in [0.4, 0.5) is 10.6 Å². The van der Waals surface area contributed by atoms with E-state index in [1.807, 2.05) is 0 Å². The van der Waals surface area contributed by atoms with Crippen molar-refractivity contribution < 1.29 is 13.9 Å². The Bertz CT molecular complexity index is 882. The van der Waals surface area contributed by atoms with E-state index in [-0.39, 0.29) is 0 Å². The van der Waals surface area contributed by atoms with Gasteiger partial charge in [0.2, 0.25) is 0 Å². The van der Waals surface area contributed by atoms with E-state index in [9.17, 15) is 4.79 Å². The summed E-state index contributed by atoms with van der Waals surface area (Å²) in [4.78, 5) is 16.2. The first-order valence-electron chi connectivity index (χ1n) is 7.58. The van der Waals surface area contributed by atoms with E-state index >= 15 is 0 Å². The number of ether oxygens (including phenoxy) is 1. The molecule has 0 fully saturated rings. The Kier molecular flexibility index (Phi) is 4.50. The predicted octanol–water partition coefficient (Wildman–Crippen LogP) is 4.53. The first-order chi connectivity index (χ1) is 11.8. The highest BCUT2D eigenvalue weighted by Gasteiger charge is 2.20. The van der Waals surface area contributed by atoms with Crippen LogP contribution in [0.25, 0.3) is 17.3 Å². The smallest absolute Gasteiger partial charge is 0.413 e. The molecular formula is C17H17ClN4O3. The average molecular weight is 361 g/mol. The number of nitrogens with zero attached hydrogens (tertiary/aromatic N) is 3. The zero-order valence-electron chi connectivity index (χ0n) is 14.0. The van der Waals surface area contributed by atoms with E-state index < -0.39 is 11.7 Å². The lowest BCUT2D eigenvalue weighted by Gasteiger charge is -2.19. The lowest BCUT2D eigenvalue weighted by Crippen LogP contribution is -2.27. The summed E-state index contributed by atoms with van der Waals surface area (Å²) in [6.45, 7) is 5.35. The number of amides is 1. The molecule has 0 atom stereocenters. The lowest BCUT2D eigenvalue weighted by molar-refractivity contribution is 0.0635. The van der Waals surface area contributed by atoms with Gasteiger partial charge in [0.25, 0.3) is 0 Å². The van der Waals surface area contributed by atoms with Crippen molar-refractivity contribution in [2.24, 2.45) is 0 Å². The molecular weight excluding hydrogens is 344 g/mol. The van der Waals surface area contributed by atoms with Crippen LogP contribution in [-0.2, 0) is 4.74 Å². The highest BCUT2D eigenvalue weighted by Crippen LogP contribution is 2.28. The number of aromatic nitrogens is 3. The molecule has 0 unspecified atom stereocenters. The Balaban J connectivity index is 1.99. The van der Waals surface area contributed by atoms with E-state index in [0.717, 1.165) is 0 Å². The molecule has 7 nitrogen and oxygen atoms in total. The SMILES string of the molecule is CC(C)(C)OC(=O)Nc1cc(-c2ccco2)n(-c2ncccc2Cl)n1. The van der Waals surface area contributed by atoms with E-state index in [4.69, 9.17) is 20.8 Å². The second-order valence-corrected chi connectivity index (χ2v) is 6.65. The van der Waals surface area contributed by atoms with Gasteiger partial charge in [-0.25, -0.2) is 14.5 Å². The van der Waals surface area contributed by atoms with Crippen molar-refractivity contribution in [1.82, 2.24) is 14.8 Å². The Morgan fingerprint density at radius 2 is 2.12 bits per heavy atom. The fourth-order valence-electron chi connectivity index (χ4n) is 2.14. The minimum atomic E-state index is -0.610. The maximum absolute atomic E-state index is 12.0. The molecule has 3 heterocycles. The number of nitrogens with one attached hydrogen (secondary N) is 1. The quantitative estimate of drug-likeness (QED) is 0.742. The van der Waals surface area contributed by atoms with Crippen molar-refractivity contribution in [3.05, 3.63) is 47.8 Å². The van der Waals surface area contributed by atoms with Gasteiger partial charge >= 0.3 is 6.09 Å². The molecule has 3 rings (SSSR count). The molecule has 25 heavy (non-hydrogen) atoms. The van der Waals surface area contributed by atoms with Crippen LogP contribution in [0.15, 0.2) is 47.2 Å². The van der Waals surface area contributed by atoms with E-state index in [1.165, 1.54) is 4.68 Å². The van der Waals surface area contributed by atoms with Gasteiger partial charge in [0.15, 0.2) is 17.4 Å². The zero-order valence-corrected chi connectivity index (χ0v) is 14.7. The number of rotatable bonds is 3. The number of carbonyl (C=O) groups excluding carboxylic acids is 1. The summed E-state index contributed by atoms with van der Waals surface area (Å²) in [6, 6.07) is 8.63. The molecule has 1 N–H and O–H groups in total. The van der Waals surface area contributed by atoms with E-state index in [0.29, 0.717) is 28.1 Å². The third-order valence-corrected chi connectivity index (χ3v) is 3.35. The molecule has 0 aliphatic rings. The van der Waals surface area contributed by atoms with Crippen LogP contribution in [-0.4, -0.2) is 26.5 Å². The van der Waals surface area contributed by atoms with Gasteiger partial charge in [-0.1, -0.05) is 11.6 Å². The second-order valence-electron chi connectivity index (χ2n) is 6.24. The third-order valence-electron chi connectivity index (χ3n) is 3.05. The number of hydrogen-bond acceptors (Lipinski definition) is 5. The summed E-state index contributed by atoms with van der Waals surface area (Å²) >= 11 is 6.23. The molecule has 3 aromatic rings. The Morgan fingerprint density at radius 1 is 1.32 bits per heavy atom. The predicted molar refractivity (Wildman–Crippen MR) is 93.9 cm³/mol. The lowest BCUT2D eigenvalue weighted by atomic mass is 10.2. The van der Waals surface area contributed by atoms with Crippen LogP contribution in [0.1, 0.15) is 20.8 Å². The van der Waals surface area contributed by atoms with Gasteiger partial charge in [0.1, 0.15) is 11.3 Å².